The summed E-state index contributed by atoms with van der Waals surface area (Å²) >= 11 is 0. The first-order chi connectivity index (χ1) is 7.77. The Morgan fingerprint density at radius 3 is 2.44 bits per heavy atom. The van der Waals surface area contributed by atoms with Crippen LogP contribution < -0.4 is 10.6 Å². The van der Waals surface area contributed by atoms with Gasteiger partial charge in [0.25, 0.3) is 0 Å². The number of hydrogen-bond donors (Lipinski definition) is 2. The van der Waals surface area contributed by atoms with Gasteiger partial charge >= 0.3 is 0 Å². The molecule has 2 nitrogen and oxygen atoms in total. The Hall–Kier alpha value is -0.860. The van der Waals surface area contributed by atoms with Gasteiger partial charge in [-0.2, -0.15) is 0 Å². The highest BCUT2D eigenvalue weighted by atomic mass is 15.0. The van der Waals surface area contributed by atoms with Crippen molar-refractivity contribution < 1.29 is 0 Å². The minimum atomic E-state index is 0.518. The fraction of sp³-hybridized carbons (Fsp3) is 0.571. The summed E-state index contributed by atoms with van der Waals surface area (Å²) in [6.07, 6.45) is 1.11. The zero-order chi connectivity index (χ0) is 11.8. The number of nitrogens with one attached hydrogen (secondary N) is 2. The topological polar surface area (TPSA) is 24.1 Å². The lowest BCUT2D eigenvalue weighted by molar-refractivity contribution is 0.508. The maximum Gasteiger partial charge on any atom is 0.0211 e. The van der Waals surface area contributed by atoms with Gasteiger partial charge in [-0.25, -0.2) is 0 Å². The monoisotopic (exact) mass is 220 g/mol. The van der Waals surface area contributed by atoms with Crippen LogP contribution in [0.15, 0.2) is 24.3 Å². The third kappa shape index (κ3) is 4.33. The molecule has 90 valence electrons. The average Bonchev–Trinajstić information content (AvgIpc) is 2.34. The summed E-state index contributed by atoms with van der Waals surface area (Å²) in [4.78, 5) is 0. The molecule has 0 bridgehead atoms. The Morgan fingerprint density at radius 1 is 1.12 bits per heavy atom. The lowest BCUT2D eigenvalue weighted by Crippen LogP contribution is -2.35. The Labute approximate surface area is 99.5 Å². The minimum Gasteiger partial charge on any atom is -0.315 e. The zero-order valence-corrected chi connectivity index (χ0v) is 10.7. The second-order valence-electron chi connectivity index (χ2n) is 4.21. The number of aryl methyl sites for hydroxylation is 1. The standard InChI is InChI=1S/C14H24N2/c1-4-13-8-6-7-9-14(13)11-16-12(3)10-15-5-2/h6-9,12,15-16H,4-5,10-11H2,1-3H3. The molecule has 1 aromatic rings. The molecule has 0 radical (unpaired) electrons. The molecule has 0 saturated heterocycles. The Morgan fingerprint density at radius 2 is 1.81 bits per heavy atom. The normalized spacial score (nSPS) is 12.7. The smallest absolute Gasteiger partial charge is 0.0211 e. The summed E-state index contributed by atoms with van der Waals surface area (Å²) < 4.78 is 0. The van der Waals surface area contributed by atoms with Crippen LogP contribution in [0.2, 0.25) is 0 Å². The van der Waals surface area contributed by atoms with Crippen LogP contribution in [0.1, 0.15) is 31.9 Å². The van der Waals surface area contributed by atoms with Gasteiger partial charge in [0.15, 0.2) is 0 Å². The molecule has 0 fully saturated rings. The fourth-order valence-corrected chi connectivity index (χ4v) is 1.79. The molecule has 0 aliphatic carbocycles. The van der Waals surface area contributed by atoms with Crippen molar-refractivity contribution in [3.63, 3.8) is 0 Å². The van der Waals surface area contributed by atoms with Crippen molar-refractivity contribution in [3.8, 4) is 0 Å². The van der Waals surface area contributed by atoms with Gasteiger partial charge in [-0.3, -0.25) is 0 Å². The molecule has 0 heterocycles. The zero-order valence-electron chi connectivity index (χ0n) is 10.7. The van der Waals surface area contributed by atoms with Crippen LogP contribution >= 0.6 is 0 Å². The van der Waals surface area contributed by atoms with Crippen molar-refractivity contribution in [2.45, 2.75) is 39.8 Å². The fourth-order valence-electron chi connectivity index (χ4n) is 1.79. The van der Waals surface area contributed by atoms with Gasteiger partial charge in [-0.05, 0) is 31.0 Å². The molecule has 0 saturated carbocycles. The molecule has 0 aromatic heterocycles. The molecular weight excluding hydrogens is 196 g/mol. The maximum atomic E-state index is 3.55. The quantitative estimate of drug-likeness (QED) is 0.737. The van der Waals surface area contributed by atoms with E-state index in [2.05, 4.69) is 55.7 Å². The first-order valence-electron chi connectivity index (χ1n) is 6.28. The molecule has 0 aliphatic rings. The second-order valence-corrected chi connectivity index (χ2v) is 4.21. The molecule has 1 rings (SSSR count). The van der Waals surface area contributed by atoms with Crippen molar-refractivity contribution in [1.29, 1.82) is 0 Å². The van der Waals surface area contributed by atoms with E-state index < -0.39 is 0 Å². The van der Waals surface area contributed by atoms with E-state index in [1.807, 2.05) is 0 Å². The summed E-state index contributed by atoms with van der Waals surface area (Å²) in [6, 6.07) is 9.18. The number of rotatable bonds is 7. The van der Waals surface area contributed by atoms with E-state index in [9.17, 15) is 0 Å². The van der Waals surface area contributed by atoms with Crippen LogP contribution in [0, 0.1) is 0 Å². The third-order valence-corrected chi connectivity index (χ3v) is 2.84. The highest BCUT2D eigenvalue weighted by molar-refractivity contribution is 5.26. The lowest BCUT2D eigenvalue weighted by Gasteiger charge is -2.15. The molecule has 2 heteroatoms. The largest absolute Gasteiger partial charge is 0.315 e. The molecule has 0 amide bonds. The van der Waals surface area contributed by atoms with Gasteiger partial charge in [-0.1, -0.05) is 38.1 Å². The molecule has 1 unspecified atom stereocenters. The predicted octanol–water partition coefficient (Wildman–Crippen LogP) is 2.34. The Balaban J connectivity index is 2.41. The summed E-state index contributed by atoms with van der Waals surface area (Å²) in [5.41, 5.74) is 2.87. The lowest BCUT2D eigenvalue weighted by atomic mass is 10.1. The maximum absolute atomic E-state index is 3.55. The summed E-state index contributed by atoms with van der Waals surface area (Å²) in [5, 5.41) is 6.90. The van der Waals surface area contributed by atoms with E-state index >= 15 is 0 Å². The molecule has 1 aromatic carbocycles. The van der Waals surface area contributed by atoms with Crippen LogP contribution in [-0.2, 0) is 13.0 Å². The first-order valence-corrected chi connectivity index (χ1v) is 6.28. The van der Waals surface area contributed by atoms with Crippen molar-refractivity contribution in [3.05, 3.63) is 35.4 Å². The van der Waals surface area contributed by atoms with E-state index in [0.29, 0.717) is 6.04 Å². The molecule has 0 spiro atoms. The molecular formula is C14H24N2. The van der Waals surface area contributed by atoms with Gasteiger partial charge in [0, 0.05) is 19.1 Å². The van der Waals surface area contributed by atoms with Crippen LogP contribution in [-0.4, -0.2) is 19.1 Å². The van der Waals surface area contributed by atoms with Crippen LogP contribution in [0.25, 0.3) is 0 Å². The third-order valence-electron chi connectivity index (χ3n) is 2.84. The SMILES string of the molecule is CCNCC(C)NCc1ccccc1CC. The number of likely N-dealkylation sites (N-methyl/N-ethyl adjacent to an activating group) is 1. The second kappa shape index (κ2) is 7.42. The highest BCUT2D eigenvalue weighted by Crippen LogP contribution is 2.09. The van der Waals surface area contributed by atoms with E-state index in [4.69, 9.17) is 0 Å². The number of hydrogen-bond acceptors (Lipinski definition) is 2. The Kier molecular flexibility index (Phi) is 6.12. The molecule has 1 atom stereocenters. The Bertz CT molecular complexity index is 297. The van der Waals surface area contributed by atoms with Crippen molar-refractivity contribution in [2.24, 2.45) is 0 Å². The first kappa shape index (κ1) is 13.2. The van der Waals surface area contributed by atoms with E-state index in [1.165, 1.54) is 11.1 Å². The summed E-state index contributed by atoms with van der Waals surface area (Å²) in [6.45, 7) is 9.61. The molecule has 0 aliphatic heterocycles. The van der Waals surface area contributed by atoms with E-state index in [1.54, 1.807) is 0 Å². The van der Waals surface area contributed by atoms with Crippen LogP contribution in [0.3, 0.4) is 0 Å². The molecule has 16 heavy (non-hydrogen) atoms. The van der Waals surface area contributed by atoms with Gasteiger partial charge in [0.1, 0.15) is 0 Å². The van der Waals surface area contributed by atoms with Gasteiger partial charge < -0.3 is 10.6 Å². The summed E-state index contributed by atoms with van der Waals surface area (Å²) in [7, 11) is 0. The van der Waals surface area contributed by atoms with Gasteiger partial charge in [0.05, 0.1) is 0 Å². The van der Waals surface area contributed by atoms with Crippen LogP contribution in [0.5, 0.6) is 0 Å². The summed E-state index contributed by atoms with van der Waals surface area (Å²) in [5.74, 6) is 0. The predicted molar refractivity (Wildman–Crippen MR) is 70.7 cm³/mol. The van der Waals surface area contributed by atoms with E-state index in [0.717, 1.165) is 26.1 Å². The minimum absolute atomic E-state index is 0.518. The van der Waals surface area contributed by atoms with Gasteiger partial charge in [0.2, 0.25) is 0 Å². The van der Waals surface area contributed by atoms with Crippen LogP contribution in [0.4, 0.5) is 0 Å². The van der Waals surface area contributed by atoms with Gasteiger partial charge in [-0.15, -0.1) is 0 Å². The van der Waals surface area contributed by atoms with Crippen molar-refractivity contribution in [2.75, 3.05) is 13.1 Å². The van der Waals surface area contributed by atoms with E-state index in [-0.39, 0.29) is 0 Å². The van der Waals surface area contributed by atoms with Crippen molar-refractivity contribution >= 4 is 0 Å². The van der Waals surface area contributed by atoms with Crippen molar-refractivity contribution in [1.82, 2.24) is 10.6 Å². The average molecular weight is 220 g/mol. The number of benzene rings is 1. The highest BCUT2D eigenvalue weighted by Gasteiger charge is 2.02. The molecule has 2 N–H and O–H groups in total.